The summed E-state index contributed by atoms with van der Waals surface area (Å²) in [6, 6.07) is 20.7. The molecule has 4 aromatic rings. The van der Waals surface area contributed by atoms with Crippen molar-refractivity contribution in [1.29, 1.82) is 0 Å². The van der Waals surface area contributed by atoms with Gasteiger partial charge >= 0.3 is 11.9 Å². The van der Waals surface area contributed by atoms with E-state index in [0.717, 1.165) is 23.3 Å². The molecule has 0 fully saturated rings. The smallest absolute Gasteiger partial charge is 0.343 e. The van der Waals surface area contributed by atoms with Crippen molar-refractivity contribution >= 4 is 11.9 Å². The van der Waals surface area contributed by atoms with Gasteiger partial charge in [-0.1, -0.05) is 24.3 Å². The van der Waals surface area contributed by atoms with E-state index in [2.05, 4.69) is 0 Å². The Morgan fingerprint density at radius 3 is 1.15 bits per heavy atom. The van der Waals surface area contributed by atoms with Crippen LogP contribution in [0.1, 0.15) is 20.7 Å². The molecule has 0 unspecified atom stereocenters. The first-order chi connectivity index (χ1) is 16.3. The van der Waals surface area contributed by atoms with E-state index < -0.39 is 23.4 Å². The van der Waals surface area contributed by atoms with Crippen molar-refractivity contribution in [3.63, 3.8) is 0 Å². The van der Waals surface area contributed by atoms with E-state index in [4.69, 9.17) is 9.47 Å². The van der Waals surface area contributed by atoms with Crippen LogP contribution in [0.5, 0.6) is 34.5 Å². The number of phenols is 4. The summed E-state index contributed by atoms with van der Waals surface area (Å²) in [5.41, 5.74) is 1.82. The van der Waals surface area contributed by atoms with Gasteiger partial charge in [0.15, 0.2) is 23.0 Å². The normalized spacial score (nSPS) is 10.5. The van der Waals surface area contributed by atoms with Crippen LogP contribution in [0, 0.1) is 0 Å². The zero-order chi connectivity index (χ0) is 24.2. The number of benzene rings is 4. The average molecular weight is 458 g/mol. The van der Waals surface area contributed by atoms with Crippen molar-refractivity contribution in [2.45, 2.75) is 0 Å². The molecule has 0 aliphatic carbocycles. The summed E-state index contributed by atoms with van der Waals surface area (Å²) in [6.45, 7) is 0. The summed E-state index contributed by atoms with van der Waals surface area (Å²) < 4.78 is 10.6. The highest BCUT2D eigenvalue weighted by Gasteiger charge is 2.13. The highest BCUT2D eigenvalue weighted by atomic mass is 16.5. The first-order valence-corrected chi connectivity index (χ1v) is 9.99. The van der Waals surface area contributed by atoms with Gasteiger partial charge in [-0.05, 0) is 71.8 Å². The van der Waals surface area contributed by atoms with Gasteiger partial charge < -0.3 is 29.9 Å². The largest absolute Gasteiger partial charge is 0.504 e. The van der Waals surface area contributed by atoms with Crippen molar-refractivity contribution in [2.24, 2.45) is 0 Å². The predicted octanol–water partition coefficient (Wildman–Crippen LogP) is 4.61. The average Bonchev–Trinajstić information content (AvgIpc) is 2.83. The van der Waals surface area contributed by atoms with Gasteiger partial charge in [0.25, 0.3) is 0 Å². The number of carbonyl (C=O) groups excluding carboxylic acids is 2. The Kier molecular flexibility index (Phi) is 6.05. The van der Waals surface area contributed by atoms with Crippen molar-refractivity contribution in [3.8, 4) is 45.6 Å². The predicted molar refractivity (Wildman–Crippen MR) is 121 cm³/mol. The van der Waals surface area contributed by atoms with Crippen LogP contribution in [-0.2, 0) is 0 Å². The lowest BCUT2D eigenvalue weighted by molar-refractivity contribution is 0.0724. The molecule has 0 spiro atoms. The summed E-state index contributed by atoms with van der Waals surface area (Å²) >= 11 is 0. The summed E-state index contributed by atoms with van der Waals surface area (Å²) in [7, 11) is 0. The molecule has 0 saturated carbocycles. The number of aromatic hydroxyl groups is 4. The molecule has 0 bridgehead atoms. The molecular weight excluding hydrogens is 440 g/mol. The zero-order valence-electron chi connectivity index (χ0n) is 17.5. The van der Waals surface area contributed by atoms with Gasteiger partial charge in [0.1, 0.15) is 11.5 Å². The first-order valence-electron chi connectivity index (χ1n) is 9.99. The molecule has 170 valence electrons. The molecule has 4 aromatic carbocycles. The van der Waals surface area contributed by atoms with Gasteiger partial charge in [-0.2, -0.15) is 0 Å². The van der Waals surface area contributed by atoms with Gasteiger partial charge in [-0.15, -0.1) is 0 Å². The van der Waals surface area contributed by atoms with E-state index in [9.17, 15) is 30.0 Å². The van der Waals surface area contributed by atoms with Gasteiger partial charge in [-0.3, -0.25) is 0 Å². The lowest BCUT2D eigenvalue weighted by Gasteiger charge is -2.08. The maximum atomic E-state index is 12.2. The molecule has 0 amide bonds. The third-order valence-electron chi connectivity index (χ3n) is 4.89. The van der Waals surface area contributed by atoms with Crippen LogP contribution in [0.2, 0.25) is 0 Å². The van der Waals surface area contributed by atoms with Crippen LogP contribution in [-0.4, -0.2) is 32.4 Å². The number of phenolic OH excluding ortho intramolecular Hbond substituents is 4. The van der Waals surface area contributed by atoms with Crippen LogP contribution in [0.15, 0.2) is 84.9 Å². The molecule has 0 radical (unpaired) electrons. The Hall–Kier alpha value is -4.98. The van der Waals surface area contributed by atoms with Gasteiger partial charge in [-0.25, -0.2) is 9.59 Å². The third-order valence-corrected chi connectivity index (χ3v) is 4.89. The Morgan fingerprint density at radius 1 is 0.471 bits per heavy atom. The van der Waals surface area contributed by atoms with Crippen LogP contribution in [0.25, 0.3) is 11.1 Å². The number of carbonyl (C=O) groups is 2. The van der Waals surface area contributed by atoms with E-state index in [1.807, 2.05) is 0 Å². The molecule has 0 aliphatic heterocycles. The van der Waals surface area contributed by atoms with Crippen molar-refractivity contribution < 1.29 is 39.5 Å². The summed E-state index contributed by atoms with van der Waals surface area (Å²) in [5.74, 6) is -2.27. The van der Waals surface area contributed by atoms with E-state index in [-0.39, 0.29) is 22.6 Å². The SMILES string of the molecule is O=C(Oc1ccc(-c2ccc(OC(=O)c3ccc(O)c(O)c3)cc2)cc1)c1ccc(O)c(O)c1. The van der Waals surface area contributed by atoms with E-state index >= 15 is 0 Å². The minimum absolute atomic E-state index is 0.0898. The first kappa shape index (κ1) is 22.2. The zero-order valence-corrected chi connectivity index (χ0v) is 17.5. The maximum Gasteiger partial charge on any atom is 0.343 e. The minimum atomic E-state index is -0.684. The van der Waals surface area contributed by atoms with Crippen LogP contribution in [0.3, 0.4) is 0 Å². The molecule has 0 aliphatic rings. The maximum absolute atomic E-state index is 12.2. The number of esters is 2. The Morgan fingerprint density at radius 2 is 0.824 bits per heavy atom. The van der Waals surface area contributed by atoms with E-state index in [0.29, 0.717) is 11.5 Å². The fraction of sp³-hybridized carbons (Fsp3) is 0. The number of rotatable bonds is 5. The lowest BCUT2D eigenvalue weighted by Crippen LogP contribution is -2.08. The highest BCUT2D eigenvalue weighted by Crippen LogP contribution is 2.28. The van der Waals surface area contributed by atoms with Crippen molar-refractivity contribution in [1.82, 2.24) is 0 Å². The van der Waals surface area contributed by atoms with Gasteiger partial charge in [0, 0.05) is 0 Å². The second-order valence-electron chi connectivity index (χ2n) is 7.23. The number of ether oxygens (including phenoxy) is 2. The quantitative estimate of drug-likeness (QED) is 0.193. The molecule has 0 heterocycles. The number of hydrogen-bond donors (Lipinski definition) is 4. The Bertz CT molecular complexity index is 1250. The lowest BCUT2D eigenvalue weighted by atomic mass is 10.1. The summed E-state index contributed by atoms with van der Waals surface area (Å²) in [5, 5.41) is 37.7. The van der Waals surface area contributed by atoms with Crippen LogP contribution in [0.4, 0.5) is 0 Å². The molecule has 0 atom stereocenters. The minimum Gasteiger partial charge on any atom is -0.504 e. The molecule has 34 heavy (non-hydrogen) atoms. The Balaban J connectivity index is 1.40. The Labute approximate surface area is 193 Å². The molecule has 0 saturated heterocycles. The fourth-order valence-electron chi connectivity index (χ4n) is 3.06. The van der Waals surface area contributed by atoms with Gasteiger partial charge in [0.2, 0.25) is 0 Å². The van der Waals surface area contributed by atoms with E-state index in [1.165, 1.54) is 24.3 Å². The molecule has 8 heteroatoms. The summed E-state index contributed by atoms with van der Waals surface area (Å²) in [6.07, 6.45) is 0. The van der Waals surface area contributed by atoms with Crippen LogP contribution < -0.4 is 9.47 Å². The van der Waals surface area contributed by atoms with E-state index in [1.54, 1.807) is 48.5 Å². The second-order valence-corrected chi connectivity index (χ2v) is 7.23. The third kappa shape index (κ3) is 4.91. The standard InChI is InChI=1S/C26H18O8/c27-21-11-5-17(13-23(21)29)25(31)33-19-7-1-15(2-8-19)16-3-9-20(10-4-16)34-26(32)18-6-12-22(28)24(30)14-18/h1-14,27-30H. The molecule has 4 N–H and O–H groups in total. The van der Waals surface area contributed by atoms with Gasteiger partial charge in [0.05, 0.1) is 11.1 Å². The summed E-state index contributed by atoms with van der Waals surface area (Å²) in [4.78, 5) is 24.4. The highest BCUT2D eigenvalue weighted by molar-refractivity contribution is 5.92. The molecule has 0 aromatic heterocycles. The van der Waals surface area contributed by atoms with Crippen molar-refractivity contribution in [2.75, 3.05) is 0 Å². The van der Waals surface area contributed by atoms with Crippen molar-refractivity contribution in [3.05, 3.63) is 96.1 Å². The second kappa shape index (κ2) is 9.25. The van der Waals surface area contributed by atoms with Crippen LogP contribution >= 0.6 is 0 Å². The molecular formula is C26H18O8. The fourth-order valence-corrected chi connectivity index (χ4v) is 3.06. The number of hydrogen-bond acceptors (Lipinski definition) is 8. The molecule has 8 nitrogen and oxygen atoms in total. The molecule has 4 rings (SSSR count). The monoisotopic (exact) mass is 458 g/mol. The topological polar surface area (TPSA) is 134 Å².